The largest absolute Gasteiger partial charge is 0.294 e. The van der Waals surface area contributed by atoms with Crippen LogP contribution in [0.15, 0.2) is 24.4 Å². The van der Waals surface area contributed by atoms with E-state index in [2.05, 4.69) is 56.5 Å². The molecule has 3 aromatic rings. The molecule has 2 aromatic heterocycles. The van der Waals surface area contributed by atoms with Gasteiger partial charge in [0, 0.05) is 22.3 Å². The first-order valence-electron chi connectivity index (χ1n) is 6.09. The monoisotopic (exact) mass is 256 g/mol. The topological polar surface area (TPSA) is 17.3 Å². The standard InChI is InChI=1S/C15H16N2S/c1-9-5-6-13(10(2)7-9)14-8-17-11(3)12(4)18-15(17)16-14/h5-8H,1-4H3. The van der Waals surface area contributed by atoms with E-state index in [1.807, 2.05) is 0 Å². The van der Waals surface area contributed by atoms with Crippen LogP contribution in [0.4, 0.5) is 0 Å². The summed E-state index contributed by atoms with van der Waals surface area (Å²) >= 11 is 1.76. The third kappa shape index (κ3) is 1.66. The van der Waals surface area contributed by atoms with Crippen LogP contribution in [-0.2, 0) is 0 Å². The number of hydrogen-bond acceptors (Lipinski definition) is 2. The van der Waals surface area contributed by atoms with E-state index in [0.29, 0.717) is 0 Å². The van der Waals surface area contributed by atoms with E-state index in [0.717, 1.165) is 10.7 Å². The molecule has 0 aliphatic rings. The second-order valence-corrected chi connectivity index (χ2v) is 6.02. The minimum Gasteiger partial charge on any atom is -0.294 e. The van der Waals surface area contributed by atoms with Crippen molar-refractivity contribution in [2.45, 2.75) is 27.7 Å². The summed E-state index contributed by atoms with van der Waals surface area (Å²) in [7, 11) is 0. The molecule has 0 amide bonds. The molecule has 0 atom stereocenters. The average molecular weight is 256 g/mol. The Morgan fingerprint density at radius 2 is 1.89 bits per heavy atom. The second-order valence-electron chi connectivity index (χ2n) is 4.84. The lowest BCUT2D eigenvalue weighted by Gasteiger charge is -2.03. The van der Waals surface area contributed by atoms with Crippen molar-refractivity contribution in [3.8, 4) is 11.3 Å². The zero-order chi connectivity index (χ0) is 12.9. The molecule has 0 unspecified atom stereocenters. The molecule has 0 spiro atoms. The van der Waals surface area contributed by atoms with Gasteiger partial charge in [-0.05, 0) is 33.3 Å². The Bertz CT molecular complexity index is 734. The fourth-order valence-electron chi connectivity index (χ4n) is 2.29. The lowest BCUT2D eigenvalue weighted by Crippen LogP contribution is -1.85. The van der Waals surface area contributed by atoms with E-state index in [1.165, 1.54) is 27.3 Å². The van der Waals surface area contributed by atoms with Gasteiger partial charge < -0.3 is 0 Å². The molecule has 2 nitrogen and oxygen atoms in total. The molecule has 0 fully saturated rings. The number of thiazole rings is 1. The van der Waals surface area contributed by atoms with Crippen LogP contribution in [0.1, 0.15) is 21.7 Å². The number of benzene rings is 1. The Kier molecular flexibility index (Phi) is 2.52. The van der Waals surface area contributed by atoms with E-state index in [9.17, 15) is 0 Å². The maximum absolute atomic E-state index is 4.74. The number of imidazole rings is 1. The highest BCUT2D eigenvalue weighted by atomic mass is 32.1. The predicted molar refractivity (Wildman–Crippen MR) is 77.5 cm³/mol. The Labute approximate surface area is 111 Å². The van der Waals surface area contributed by atoms with Gasteiger partial charge >= 0.3 is 0 Å². The van der Waals surface area contributed by atoms with Gasteiger partial charge in [-0.15, -0.1) is 11.3 Å². The highest BCUT2D eigenvalue weighted by molar-refractivity contribution is 7.17. The normalized spacial score (nSPS) is 11.3. The van der Waals surface area contributed by atoms with Crippen molar-refractivity contribution in [3.05, 3.63) is 46.1 Å². The molecule has 0 saturated heterocycles. The van der Waals surface area contributed by atoms with E-state index in [1.54, 1.807) is 11.3 Å². The van der Waals surface area contributed by atoms with Gasteiger partial charge in [-0.3, -0.25) is 4.40 Å². The first kappa shape index (κ1) is 11.5. The summed E-state index contributed by atoms with van der Waals surface area (Å²) in [5.41, 5.74) is 6.17. The van der Waals surface area contributed by atoms with Crippen molar-refractivity contribution >= 4 is 16.3 Å². The van der Waals surface area contributed by atoms with Crippen LogP contribution in [0.25, 0.3) is 16.2 Å². The smallest absolute Gasteiger partial charge is 0.194 e. The SMILES string of the molecule is Cc1ccc(-c2cn3c(C)c(C)sc3n2)c(C)c1. The maximum atomic E-state index is 4.74. The van der Waals surface area contributed by atoms with Gasteiger partial charge in [0.05, 0.1) is 5.69 Å². The lowest BCUT2D eigenvalue weighted by molar-refractivity contribution is 1.11. The zero-order valence-corrected chi connectivity index (χ0v) is 11.9. The Morgan fingerprint density at radius 1 is 1.11 bits per heavy atom. The summed E-state index contributed by atoms with van der Waals surface area (Å²) in [6.07, 6.45) is 2.14. The average Bonchev–Trinajstić information content (AvgIpc) is 2.81. The molecule has 2 heterocycles. The third-order valence-electron chi connectivity index (χ3n) is 3.45. The minimum atomic E-state index is 1.07. The van der Waals surface area contributed by atoms with Crippen molar-refractivity contribution in [1.82, 2.24) is 9.38 Å². The van der Waals surface area contributed by atoms with Crippen molar-refractivity contribution in [2.75, 3.05) is 0 Å². The zero-order valence-electron chi connectivity index (χ0n) is 11.1. The number of hydrogen-bond donors (Lipinski definition) is 0. The molecule has 0 N–H and O–H groups in total. The highest BCUT2D eigenvalue weighted by Gasteiger charge is 2.11. The number of aromatic nitrogens is 2. The highest BCUT2D eigenvalue weighted by Crippen LogP contribution is 2.28. The Morgan fingerprint density at radius 3 is 2.56 bits per heavy atom. The molecule has 3 heteroatoms. The maximum Gasteiger partial charge on any atom is 0.194 e. The third-order valence-corrected chi connectivity index (χ3v) is 4.52. The minimum absolute atomic E-state index is 1.07. The Balaban J connectivity index is 2.19. The summed E-state index contributed by atoms with van der Waals surface area (Å²) in [6.45, 7) is 8.56. The van der Waals surface area contributed by atoms with Gasteiger partial charge in [-0.2, -0.15) is 0 Å². The summed E-state index contributed by atoms with van der Waals surface area (Å²) < 4.78 is 2.19. The molecular weight excluding hydrogens is 240 g/mol. The van der Waals surface area contributed by atoms with Crippen LogP contribution in [0.2, 0.25) is 0 Å². The Hall–Kier alpha value is -1.61. The predicted octanol–water partition coefficient (Wildman–Crippen LogP) is 4.30. The molecule has 18 heavy (non-hydrogen) atoms. The summed E-state index contributed by atoms with van der Waals surface area (Å²) in [5, 5.41) is 0. The fourth-order valence-corrected chi connectivity index (χ4v) is 3.24. The van der Waals surface area contributed by atoms with Crippen molar-refractivity contribution < 1.29 is 0 Å². The van der Waals surface area contributed by atoms with Gasteiger partial charge in [-0.25, -0.2) is 4.98 Å². The molecule has 3 rings (SSSR count). The van der Waals surface area contributed by atoms with Gasteiger partial charge in [-0.1, -0.05) is 23.8 Å². The summed E-state index contributed by atoms with van der Waals surface area (Å²) in [5.74, 6) is 0. The van der Waals surface area contributed by atoms with Crippen LogP contribution in [0.3, 0.4) is 0 Å². The molecule has 0 bridgehead atoms. The number of nitrogens with zero attached hydrogens (tertiary/aromatic N) is 2. The molecule has 0 aliphatic heterocycles. The van der Waals surface area contributed by atoms with E-state index >= 15 is 0 Å². The van der Waals surface area contributed by atoms with Crippen LogP contribution in [0, 0.1) is 27.7 Å². The van der Waals surface area contributed by atoms with Crippen LogP contribution in [0.5, 0.6) is 0 Å². The quantitative estimate of drug-likeness (QED) is 0.634. The van der Waals surface area contributed by atoms with E-state index < -0.39 is 0 Å². The van der Waals surface area contributed by atoms with Crippen LogP contribution < -0.4 is 0 Å². The van der Waals surface area contributed by atoms with Gasteiger partial charge in [0.2, 0.25) is 0 Å². The van der Waals surface area contributed by atoms with Crippen LogP contribution in [-0.4, -0.2) is 9.38 Å². The molecule has 0 saturated carbocycles. The summed E-state index contributed by atoms with van der Waals surface area (Å²) in [6, 6.07) is 6.52. The summed E-state index contributed by atoms with van der Waals surface area (Å²) in [4.78, 5) is 7.16. The number of rotatable bonds is 1. The number of aryl methyl sites for hydroxylation is 4. The molecular formula is C15H16N2S. The fraction of sp³-hybridized carbons (Fsp3) is 0.267. The van der Waals surface area contributed by atoms with Crippen molar-refractivity contribution in [1.29, 1.82) is 0 Å². The molecule has 92 valence electrons. The first-order valence-corrected chi connectivity index (χ1v) is 6.90. The van der Waals surface area contributed by atoms with Gasteiger partial charge in [0.25, 0.3) is 0 Å². The molecule has 0 aliphatic carbocycles. The van der Waals surface area contributed by atoms with Crippen molar-refractivity contribution in [3.63, 3.8) is 0 Å². The first-order chi connectivity index (χ1) is 8.56. The lowest BCUT2D eigenvalue weighted by atomic mass is 10.0. The van der Waals surface area contributed by atoms with Gasteiger partial charge in [0.1, 0.15) is 0 Å². The molecule has 0 radical (unpaired) electrons. The van der Waals surface area contributed by atoms with E-state index in [4.69, 9.17) is 4.98 Å². The van der Waals surface area contributed by atoms with Crippen LogP contribution >= 0.6 is 11.3 Å². The van der Waals surface area contributed by atoms with E-state index in [-0.39, 0.29) is 0 Å². The van der Waals surface area contributed by atoms with Crippen molar-refractivity contribution in [2.24, 2.45) is 0 Å². The second kappa shape index (κ2) is 3.95. The number of fused-ring (bicyclic) bond motifs is 1. The van der Waals surface area contributed by atoms with Gasteiger partial charge in [0.15, 0.2) is 4.96 Å². The molecule has 1 aromatic carbocycles.